The largest absolute Gasteiger partial charge is 0.492 e. The fourth-order valence-electron chi connectivity index (χ4n) is 2.85. The minimum atomic E-state index is -0.0555. The van der Waals surface area contributed by atoms with Gasteiger partial charge < -0.3 is 9.47 Å². The number of methoxy groups -OCH3 is 1. The maximum absolute atomic E-state index is 12.9. The van der Waals surface area contributed by atoms with E-state index in [9.17, 15) is 4.79 Å². The van der Waals surface area contributed by atoms with Gasteiger partial charge in [-0.15, -0.1) is 0 Å². The number of fused-ring (bicyclic) bond motifs is 1. The van der Waals surface area contributed by atoms with Crippen LogP contribution in [0.15, 0.2) is 52.4 Å². The lowest BCUT2D eigenvalue weighted by Gasteiger charge is -2.14. The average Bonchev–Trinajstić information content (AvgIpc) is 2.68. The maximum atomic E-state index is 12.9. The van der Waals surface area contributed by atoms with Gasteiger partial charge in [-0.1, -0.05) is 41.6 Å². The predicted octanol–water partition coefficient (Wildman–Crippen LogP) is 4.57. The molecule has 2 aromatic carbocycles. The molecule has 0 saturated carbocycles. The second-order valence-electron chi connectivity index (χ2n) is 6.32. The highest BCUT2D eigenvalue weighted by Gasteiger charge is 2.12. The van der Waals surface area contributed by atoms with Crippen molar-refractivity contribution in [3.63, 3.8) is 0 Å². The van der Waals surface area contributed by atoms with Gasteiger partial charge in [-0.2, -0.15) is 0 Å². The molecule has 0 atom stereocenters. The average molecular weight is 419 g/mol. The first-order chi connectivity index (χ1) is 13.6. The lowest BCUT2D eigenvalue weighted by Crippen LogP contribution is -2.24. The van der Waals surface area contributed by atoms with E-state index >= 15 is 0 Å². The molecular formula is C21H23ClN2O3S. The first-order valence-corrected chi connectivity index (χ1v) is 10.5. The van der Waals surface area contributed by atoms with Gasteiger partial charge in [0.15, 0.2) is 5.16 Å². The van der Waals surface area contributed by atoms with Gasteiger partial charge in [-0.05, 0) is 43.2 Å². The van der Waals surface area contributed by atoms with Crippen LogP contribution in [0.2, 0.25) is 5.02 Å². The summed E-state index contributed by atoms with van der Waals surface area (Å²) in [5.74, 6) is 1.55. The van der Waals surface area contributed by atoms with Crippen molar-refractivity contribution in [1.82, 2.24) is 9.55 Å². The topological polar surface area (TPSA) is 53.4 Å². The molecule has 0 N–H and O–H groups in total. The molecule has 1 aromatic heterocycles. The quantitative estimate of drug-likeness (QED) is 0.289. The fourth-order valence-corrected chi connectivity index (χ4v) is 3.86. The van der Waals surface area contributed by atoms with Gasteiger partial charge in [-0.3, -0.25) is 9.36 Å². The summed E-state index contributed by atoms with van der Waals surface area (Å²) in [5, 5.41) is 1.81. The van der Waals surface area contributed by atoms with Crippen LogP contribution in [0.1, 0.15) is 12.0 Å². The normalized spacial score (nSPS) is 11.1. The molecule has 3 aromatic rings. The zero-order valence-corrected chi connectivity index (χ0v) is 17.6. The summed E-state index contributed by atoms with van der Waals surface area (Å²) in [5.41, 5.74) is 1.66. The molecule has 148 valence electrons. The third-order valence-corrected chi connectivity index (χ3v) is 5.45. The summed E-state index contributed by atoms with van der Waals surface area (Å²) < 4.78 is 12.7. The Morgan fingerprint density at radius 1 is 1.18 bits per heavy atom. The van der Waals surface area contributed by atoms with Crippen LogP contribution < -0.4 is 10.3 Å². The molecule has 0 aliphatic rings. The van der Waals surface area contributed by atoms with Gasteiger partial charge in [0.05, 0.1) is 17.5 Å². The van der Waals surface area contributed by atoms with Crippen molar-refractivity contribution in [1.29, 1.82) is 0 Å². The number of thioether (sulfide) groups is 1. The number of aromatic nitrogens is 2. The van der Waals surface area contributed by atoms with Gasteiger partial charge in [0.25, 0.3) is 5.56 Å². The van der Waals surface area contributed by atoms with Crippen LogP contribution in [-0.2, 0) is 11.3 Å². The molecule has 7 heteroatoms. The highest BCUT2D eigenvalue weighted by atomic mass is 35.5. The van der Waals surface area contributed by atoms with Crippen LogP contribution in [0, 0.1) is 6.92 Å². The molecule has 0 spiro atoms. The van der Waals surface area contributed by atoms with Crippen LogP contribution >= 0.6 is 23.4 Å². The molecular weight excluding hydrogens is 396 g/mol. The third kappa shape index (κ3) is 5.07. The number of halogens is 1. The number of rotatable bonds is 9. The Kier molecular flexibility index (Phi) is 7.36. The van der Waals surface area contributed by atoms with Crippen molar-refractivity contribution in [3.05, 3.63) is 63.4 Å². The molecule has 0 saturated heterocycles. The number of aryl methyl sites for hydroxylation is 1. The minimum absolute atomic E-state index is 0.0555. The van der Waals surface area contributed by atoms with Crippen molar-refractivity contribution in [3.8, 4) is 5.75 Å². The zero-order valence-electron chi connectivity index (χ0n) is 16.0. The Morgan fingerprint density at radius 3 is 2.79 bits per heavy atom. The SMILES string of the molecule is COCCCn1c(SCCOc2ccccc2C)nc2cc(Cl)ccc2c1=O. The Bertz CT molecular complexity index is 1010. The van der Waals surface area contributed by atoms with Crippen LogP contribution in [-0.4, -0.2) is 35.6 Å². The predicted molar refractivity (Wildman–Crippen MR) is 115 cm³/mol. The molecule has 0 fully saturated rings. The van der Waals surface area contributed by atoms with Gasteiger partial charge in [0.1, 0.15) is 5.75 Å². The number of hydrogen-bond acceptors (Lipinski definition) is 5. The smallest absolute Gasteiger partial charge is 0.262 e. The summed E-state index contributed by atoms with van der Waals surface area (Å²) >= 11 is 7.59. The molecule has 0 bridgehead atoms. The van der Waals surface area contributed by atoms with E-state index in [1.165, 1.54) is 11.8 Å². The molecule has 0 radical (unpaired) electrons. The summed E-state index contributed by atoms with van der Waals surface area (Å²) in [4.78, 5) is 17.6. The van der Waals surface area contributed by atoms with E-state index in [2.05, 4.69) is 4.98 Å². The van der Waals surface area contributed by atoms with E-state index in [0.717, 1.165) is 17.7 Å². The number of benzene rings is 2. The monoisotopic (exact) mass is 418 g/mol. The van der Waals surface area contributed by atoms with Crippen molar-refractivity contribution in [2.75, 3.05) is 26.1 Å². The van der Waals surface area contributed by atoms with Crippen LogP contribution in [0.4, 0.5) is 0 Å². The van der Waals surface area contributed by atoms with E-state index in [0.29, 0.717) is 46.6 Å². The second-order valence-corrected chi connectivity index (χ2v) is 7.82. The van der Waals surface area contributed by atoms with Gasteiger partial charge in [0, 0.05) is 31.0 Å². The molecule has 3 rings (SSSR count). The summed E-state index contributed by atoms with van der Waals surface area (Å²) in [6.45, 7) is 3.69. The maximum Gasteiger partial charge on any atom is 0.262 e. The standard InChI is InChI=1S/C21H23ClN2O3S/c1-15-6-3-4-7-19(15)27-12-13-28-21-23-18-14-16(22)8-9-17(18)20(25)24(21)10-5-11-26-2/h3-4,6-9,14H,5,10-13H2,1-2H3. The van der Waals surface area contributed by atoms with E-state index in [4.69, 9.17) is 21.1 Å². The van der Waals surface area contributed by atoms with Crippen molar-refractivity contribution >= 4 is 34.3 Å². The number of hydrogen-bond donors (Lipinski definition) is 0. The Balaban J connectivity index is 1.78. The highest BCUT2D eigenvalue weighted by molar-refractivity contribution is 7.99. The lowest BCUT2D eigenvalue weighted by atomic mass is 10.2. The lowest BCUT2D eigenvalue weighted by molar-refractivity contribution is 0.189. The number of para-hydroxylation sites is 1. The molecule has 0 aliphatic carbocycles. The zero-order chi connectivity index (χ0) is 19.9. The van der Waals surface area contributed by atoms with Crippen molar-refractivity contribution in [2.45, 2.75) is 25.0 Å². The Hall–Kier alpha value is -2.02. The van der Waals surface area contributed by atoms with Crippen LogP contribution in [0.25, 0.3) is 10.9 Å². The van der Waals surface area contributed by atoms with Crippen molar-refractivity contribution < 1.29 is 9.47 Å². The third-order valence-electron chi connectivity index (χ3n) is 4.28. The highest BCUT2D eigenvalue weighted by Crippen LogP contribution is 2.22. The number of nitrogens with zero attached hydrogens (tertiary/aromatic N) is 2. The first-order valence-electron chi connectivity index (χ1n) is 9.10. The molecule has 1 heterocycles. The molecule has 0 amide bonds. The van der Waals surface area contributed by atoms with Crippen molar-refractivity contribution in [2.24, 2.45) is 0 Å². The van der Waals surface area contributed by atoms with Crippen LogP contribution in [0.5, 0.6) is 5.75 Å². The molecule has 0 unspecified atom stereocenters. The van der Waals surface area contributed by atoms with Gasteiger partial charge in [0.2, 0.25) is 0 Å². The van der Waals surface area contributed by atoms with E-state index in [1.54, 1.807) is 29.9 Å². The second kappa shape index (κ2) is 9.96. The van der Waals surface area contributed by atoms with E-state index < -0.39 is 0 Å². The van der Waals surface area contributed by atoms with Gasteiger partial charge in [-0.25, -0.2) is 4.98 Å². The molecule has 28 heavy (non-hydrogen) atoms. The summed E-state index contributed by atoms with van der Waals surface area (Å²) in [6, 6.07) is 13.1. The summed E-state index contributed by atoms with van der Waals surface area (Å²) in [6.07, 6.45) is 0.741. The Morgan fingerprint density at radius 2 is 2.00 bits per heavy atom. The van der Waals surface area contributed by atoms with E-state index in [-0.39, 0.29) is 5.56 Å². The minimum Gasteiger partial charge on any atom is -0.492 e. The fraction of sp³-hybridized carbons (Fsp3) is 0.333. The molecule has 0 aliphatic heterocycles. The number of ether oxygens (including phenoxy) is 2. The Labute approximate surface area is 173 Å². The first kappa shape index (κ1) is 20.7. The summed E-state index contributed by atoms with van der Waals surface area (Å²) in [7, 11) is 1.65. The van der Waals surface area contributed by atoms with Crippen LogP contribution in [0.3, 0.4) is 0 Å². The van der Waals surface area contributed by atoms with E-state index in [1.807, 2.05) is 31.2 Å². The molecule has 5 nitrogen and oxygen atoms in total. The van der Waals surface area contributed by atoms with Gasteiger partial charge >= 0.3 is 0 Å².